The molecule has 0 unspecified atom stereocenters. The summed E-state index contributed by atoms with van der Waals surface area (Å²) in [5.41, 5.74) is -0.409. The first-order valence-corrected chi connectivity index (χ1v) is 6.88. The summed E-state index contributed by atoms with van der Waals surface area (Å²) in [4.78, 5) is 11.7. The summed E-state index contributed by atoms with van der Waals surface area (Å²) in [7, 11) is 0. The highest BCUT2D eigenvalue weighted by Gasteiger charge is 2.23. The number of rotatable bonds is 2. The second-order valence-corrected chi connectivity index (χ2v) is 6.19. The highest BCUT2D eigenvalue weighted by molar-refractivity contribution is 5.68. The molecule has 100 valence electrons. The zero-order valence-electron chi connectivity index (χ0n) is 11.7. The lowest BCUT2D eigenvalue weighted by Crippen LogP contribution is -2.41. The molecule has 1 rings (SSSR count). The van der Waals surface area contributed by atoms with E-state index in [0.29, 0.717) is 5.92 Å². The summed E-state index contributed by atoms with van der Waals surface area (Å²) in [6, 6.07) is 0.225. The van der Waals surface area contributed by atoms with E-state index < -0.39 is 5.60 Å². The summed E-state index contributed by atoms with van der Waals surface area (Å²) in [6.07, 6.45) is 7.46. The molecule has 17 heavy (non-hydrogen) atoms. The van der Waals surface area contributed by atoms with Gasteiger partial charge in [-0.3, -0.25) is 0 Å². The summed E-state index contributed by atoms with van der Waals surface area (Å²) in [6.45, 7) is 7.77. The van der Waals surface area contributed by atoms with Crippen molar-refractivity contribution >= 4 is 6.09 Å². The van der Waals surface area contributed by atoms with E-state index in [1.54, 1.807) is 0 Å². The molecule has 3 nitrogen and oxygen atoms in total. The molecule has 0 spiro atoms. The van der Waals surface area contributed by atoms with Crippen LogP contribution in [0.15, 0.2) is 0 Å². The van der Waals surface area contributed by atoms with Crippen LogP contribution in [-0.4, -0.2) is 17.7 Å². The van der Waals surface area contributed by atoms with Crippen molar-refractivity contribution in [2.24, 2.45) is 5.92 Å². The van der Waals surface area contributed by atoms with Crippen molar-refractivity contribution < 1.29 is 9.53 Å². The Morgan fingerprint density at radius 3 is 2.18 bits per heavy atom. The van der Waals surface area contributed by atoms with Crippen LogP contribution in [0.1, 0.15) is 66.2 Å². The first kappa shape index (κ1) is 14.3. The molecule has 0 aromatic carbocycles. The molecule has 1 aliphatic rings. The molecule has 1 N–H and O–H groups in total. The molecule has 1 aliphatic carbocycles. The van der Waals surface area contributed by atoms with E-state index in [1.165, 1.54) is 38.5 Å². The Hall–Kier alpha value is -0.730. The average Bonchev–Trinajstić information content (AvgIpc) is 2.41. The van der Waals surface area contributed by atoms with Crippen molar-refractivity contribution in [3.8, 4) is 0 Å². The fourth-order valence-electron chi connectivity index (χ4n) is 2.42. The van der Waals surface area contributed by atoms with Crippen molar-refractivity contribution in [3.05, 3.63) is 0 Å². The molecule has 0 bridgehead atoms. The van der Waals surface area contributed by atoms with E-state index in [1.807, 2.05) is 20.8 Å². The van der Waals surface area contributed by atoms with Crippen LogP contribution >= 0.6 is 0 Å². The van der Waals surface area contributed by atoms with Crippen LogP contribution in [0.2, 0.25) is 0 Å². The van der Waals surface area contributed by atoms with Gasteiger partial charge in [-0.2, -0.15) is 0 Å². The van der Waals surface area contributed by atoms with Crippen molar-refractivity contribution in [1.29, 1.82) is 0 Å². The van der Waals surface area contributed by atoms with E-state index in [4.69, 9.17) is 4.74 Å². The number of ether oxygens (including phenoxy) is 1. The number of carbonyl (C=O) groups is 1. The number of alkyl carbamates (subject to hydrolysis) is 1. The summed E-state index contributed by atoms with van der Waals surface area (Å²) < 4.78 is 5.28. The van der Waals surface area contributed by atoms with Gasteiger partial charge in [0.25, 0.3) is 0 Å². The molecular weight excluding hydrogens is 214 g/mol. The van der Waals surface area contributed by atoms with Gasteiger partial charge in [-0.15, -0.1) is 0 Å². The topological polar surface area (TPSA) is 38.3 Å². The molecule has 1 amide bonds. The molecule has 0 heterocycles. The average molecular weight is 241 g/mol. The summed E-state index contributed by atoms with van der Waals surface area (Å²) in [5, 5.41) is 2.97. The third-order valence-electron chi connectivity index (χ3n) is 3.35. The fraction of sp³-hybridized carbons (Fsp3) is 0.929. The normalized spacial score (nSPS) is 20.5. The van der Waals surface area contributed by atoms with Crippen molar-refractivity contribution in [3.63, 3.8) is 0 Å². The van der Waals surface area contributed by atoms with Gasteiger partial charge >= 0.3 is 6.09 Å². The first-order valence-electron chi connectivity index (χ1n) is 6.88. The zero-order valence-corrected chi connectivity index (χ0v) is 11.7. The van der Waals surface area contributed by atoms with Crippen LogP contribution < -0.4 is 5.32 Å². The molecule has 0 radical (unpaired) electrons. The van der Waals surface area contributed by atoms with Crippen LogP contribution in [0.25, 0.3) is 0 Å². The molecule has 1 saturated carbocycles. The van der Waals surface area contributed by atoms with E-state index in [-0.39, 0.29) is 12.1 Å². The smallest absolute Gasteiger partial charge is 0.407 e. The van der Waals surface area contributed by atoms with Crippen LogP contribution in [0, 0.1) is 5.92 Å². The zero-order chi connectivity index (χ0) is 12.9. The largest absolute Gasteiger partial charge is 0.444 e. The second-order valence-electron chi connectivity index (χ2n) is 6.19. The minimum absolute atomic E-state index is 0.225. The molecular formula is C14H27NO2. The number of carbonyl (C=O) groups excluding carboxylic acids is 1. The maximum atomic E-state index is 11.7. The monoisotopic (exact) mass is 241 g/mol. The van der Waals surface area contributed by atoms with Crippen molar-refractivity contribution in [2.75, 3.05) is 0 Å². The SMILES string of the molecule is C[C@H](NC(=O)OC(C)(C)C)C1CCCCCC1. The fourth-order valence-corrected chi connectivity index (χ4v) is 2.42. The van der Waals surface area contributed by atoms with E-state index in [9.17, 15) is 4.79 Å². The van der Waals surface area contributed by atoms with E-state index in [2.05, 4.69) is 12.2 Å². The molecule has 0 aliphatic heterocycles. The maximum Gasteiger partial charge on any atom is 0.407 e. The molecule has 0 aromatic rings. The number of amides is 1. The van der Waals surface area contributed by atoms with Crippen LogP contribution in [0.5, 0.6) is 0 Å². The molecule has 0 saturated heterocycles. The van der Waals surface area contributed by atoms with Crippen LogP contribution in [0.4, 0.5) is 4.79 Å². The Kier molecular flexibility index (Phi) is 5.29. The molecule has 1 atom stereocenters. The third kappa shape index (κ3) is 5.94. The molecule has 1 fully saturated rings. The van der Waals surface area contributed by atoms with Gasteiger partial charge in [0, 0.05) is 6.04 Å². The maximum absolute atomic E-state index is 11.7. The third-order valence-corrected chi connectivity index (χ3v) is 3.35. The Morgan fingerprint density at radius 1 is 1.18 bits per heavy atom. The van der Waals surface area contributed by atoms with Crippen molar-refractivity contribution in [1.82, 2.24) is 5.32 Å². The summed E-state index contributed by atoms with van der Waals surface area (Å²) >= 11 is 0. The van der Waals surface area contributed by atoms with Gasteiger partial charge in [-0.1, -0.05) is 25.7 Å². The minimum atomic E-state index is -0.409. The van der Waals surface area contributed by atoms with Crippen LogP contribution in [0.3, 0.4) is 0 Å². The quantitative estimate of drug-likeness (QED) is 0.745. The number of hydrogen-bond donors (Lipinski definition) is 1. The second kappa shape index (κ2) is 6.27. The predicted octanol–water partition coefficient (Wildman–Crippen LogP) is 3.87. The highest BCUT2D eigenvalue weighted by atomic mass is 16.6. The van der Waals surface area contributed by atoms with Gasteiger partial charge in [-0.05, 0) is 46.5 Å². The highest BCUT2D eigenvalue weighted by Crippen LogP contribution is 2.25. The Labute approximate surface area is 105 Å². The van der Waals surface area contributed by atoms with Gasteiger partial charge in [0.05, 0.1) is 0 Å². The Bertz CT molecular complexity index is 237. The van der Waals surface area contributed by atoms with Gasteiger partial charge in [0.15, 0.2) is 0 Å². The lowest BCUT2D eigenvalue weighted by molar-refractivity contribution is 0.0489. The Morgan fingerprint density at radius 2 is 1.71 bits per heavy atom. The van der Waals surface area contributed by atoms with Gasteiger partial charge in [0.2, 0.25) is 0 Å². The standard InChI is InChI=1S/C14H27NO2/c1-11(12-9-7-5-6-8-10-12)15-13(16)17-14(2,3)4/h11-12H,5-10H2,1-4H3,(H,15,16)/t11-/m0/s1. The predicted molar refractivity (Wildman–Crippen MR) is 70.0 cm³/mol. The molecule has 0 aromatic heterocycles. The van der Waals surface area contributed by atoms with Gasteiger partial charge in [-0.25, -0.2) is 4.79 Å². The Balaban J connectivity index is 2.36. The molecule has 3 heteroatoms. The summed E-state index contributed by atoms with van der Waals surface area (Å²) in [5.74, 6) is 0.616. The van der Waals surface area contributed by atoms with Crippen LogP contribution in [-0.2, 0) is 4.74 Å². The number of nitrogens with one attached hydrogen (secondary N) is 1. The first-order chi connectivity index (χ1) is 7.88. The van der Waals surface area contributed by atoms with Crippen molar-refractivity contribution in [2.45, 2.75) is 77.9 Å². The lowest BCUT2D eigenvalue weighted by atomic mass is 9.93. The van der Waals surface area contributed by atoms with Gasteiger partial charge < -0.3 is 10.1 Å². The van der Waals surface area contributed by atoms with E-state index >= 15 is 0 Å². The van der Waals surface area contributed by atoms with E-state index in [0.717, 1.165) is 0 Å². The number of hydrogen-bond acceptors (Lipinski definition) is 2. The minimum Gasteiger partial charge on any atom is -0.444 e. The lowest BCUT2D eigenvalue weighted by Gasteiger charge is -2.26. The van der Waals surface area contributed by atoms with Gasteiger partial charge in [0.1, 0.15) is 5.60 Å².